The maximum atomic E-state index is 13.1. The van der Waals surface area contributed by atoms with Crippen molar-refractivity contribution < 1.29 is 18.7 Å². The Labute approximate surface area is 222 Å². The van der Waals surface area contributed by atoms with Crippen molar-refractivity contribution in [2.45, 2.75) is 51.9 Å². The number of carbonyl (C=O) groups is 1. The van der Waals surface area contributed by atoms with Gasteiger partial charge in [-0.25, -0.2) is 4.98 Å². The maximum Gasteiger partial charge on any atom is 0.279 e. The van der Waals surface area contributed by atoms with E-state index in [9.17, 15) is 4.79 Å². The van der Waals surface area contributed by atoms with Crippen LogP contribution in [0.4, 0.5) is 5.82 Å². The second-order valence-corrected chi connectivity index (χ2v) is 16.4. The van der Waals surface area contributed by atoms with E-state index in [0.717, 1.165) is 10.2 Å². The molecule has 0 spiro atoms. The van der Waals surface area contributed by atoms with E-state index in [1.165, 1.54) is 11.3 Å². The molecule has 0 saturated carbocycles. The monoisotopic (exact) mass is 538 g/mol. The van der Waals surface area contributed by atoms with Gasteiger partial charge in [0.2, 0.25) is 0 Å². The van der Waals surface area contributed by atoms with E-state index in [4.69, 9.17) is 13.9 Å². The summed E-state index contributed by atoms with van der Waals surface area (Å²) in [4.78, 5) is 17.6. The number of hydrogen-bond donors (Lipinski definition) is 1. The molecule has 10 heteroatoms. The van der Waals surface area contributed by atoms with Gasteiger partial charge in [-0.1, -0.05) is 44.2 Å². The van der Waals surface area contributed by atoms with Crippen LogP contribution < -0.4 is 14.8 Å². The Hall–Kier alpha value is -3.21. The van der Waals surface area contributed by atoms with Crippen LogP contribution in [0.1, 0.15) is 38.1 Å². The molecule has 2 heterocycles. The summed E-state index contributed by atoms with van der Waals surface area (Å²) < 4.78 is 21.3. The first-order valence-electron chi connectivity index (χ1n) is 12.2. The average Bonchev–Trinajstić information content (AvgIpc) is 3.41. The quantitative estimate of drug-likeness (QED) is 0.234. The Morgan fingerprint density at radius 3 is 2.54 bits per heavy atom. The van der Waals surface area contributed by atoms with E-state index < -0.39 is 8.32 Å². The molecule has 0 radical (unpaired) electrons. The predicted octanol–water partition coefficient (Wildman–Crippen LogP) is 6.86. The SMILES string of the molecule is CC(CO[Si](C)(C)C(C)(C)C)Oc1cc(Oc2nc3ccccc3s2)cc(C(=O)Nc2ccn(C)n2)c1. The van der Waals surface area contributed by atoms with Crippen LogP contribution in [-0.2, 0) is 11.5 Å². The van der Waals surface area contributed by atoms with Crippen LogP contribution in [0.25, 0.3) is 10.2 Å². The predicted molar refractivity (Wildman–Crippen MR) is 151 cm³/mol. The second kappa shape index (κ2) is 10.6. The molecule has 0 fully saturated rings. The molecular weight excluding hydrogens is 504 g/mol. The van der Waals surface area contributed by atoms with Crippen molar-refractivity contribution in [2.24, 2.45) is 7.05 Å². The highest BCUT2D eigenvalue weighted by atomic mass is 32.1. The van der Waals surface area contributed by atoms with Crippen LogP contribution in [0.15, 0.2) is 54.7 Å². The fourth-order valence-electron chi connectivity index (χ4n) is 3.30. The van der Waals surface area contributed by atoms with Crippen molar-refractivity contribution in [2.75, 3.05) is 11.9 Å². The van der Waals surface area contributed by atoms with Crippen LogP contribution in [0.3, 0.4) is 0 Å². The standard InChI is InChI=1S/C27H34N4O4SSi/c1-18(17-33-37(6,7)27(2,3)4)34-20-14-19(25(32)29-24-12-13-31(5)30-24)15-21(16-20)35-26-28-22-10-8-9-11-23(22)36-26/h8-16,18H,17H2,1-7H3,(H,29,30,32). The van der Waals surface area contributed by atoms with Gasteiger partial charge in [0.15, 0.2) is 14.1 Å². The first-order chi connectivity index (χ1) is 17.4. The number of thiazole rings is 1. The normalized spacial score (nSPS) is 12.9. The lowest BCUT2D eigenvalue weighted by Crippen LogP contribution is -2.43. The Morgan fingerprint density at radius 2 is 1.86 bits per heavy atom. The highest BCUT2D eigenvalue weighted by Gasteiger charge is 2.37. The maximum absolute atomic E-state index is 13.1. The first-order valence-corrected chi connectivity index (χ1v) is 15.9. The van der Waals surface area contributed by atoms with Gasteiger partial charge in [-0.3, -0.25) is 9.48 Å². The number of nitrogens with zero attached hydrogens (tertiary/aromatic N) is 3. The van der Waals surface area contributed by atoms with Crippen LogP contribution in [0.2, 0.25) is 18.1 Å². The second-order valence-electron chi connectivity index (χ2n) is 10.6. The molecule has 4 aromatic rings. The Kier molecular flexibility index (Phi) is 7.72. The minimum absolute atomic E-state index is 0.106. The number of rotatable bonds is 9. The lowest BCUT2D eigenvalue weighted by atomic mass is 10.2. The Bertz CT molecular complexity index is 1360. The molecule has 0 bridgehead atoms. The van der Waals surface area contributed by atoms with Crippen molar-refractivity contribution in [1.29, 1.82) is 0 Å². The van der Waals surface area contributed by atoms with Crippen LogP contribution in [-0.4, -0.2) is 41.7 Å². The zero-order valence-corrected chi connectivity index (χ0v) is 24.2. The molecule has 8 nitrogen and oxygen atoms in total. The smallest absolute Gasteiger partial charge is 0.279 e. The molecule has 0 aliphatic carbocycles. The summed E-state index contributed by atoms with van der Waals surface area (Å²) in [7, 11) is -0.125. The van der Waals surface area contributed by atoms with E-state index in [0.29, 0.717) is 34.7 Å². The number of amides is 1. The highest BCUT2D eigenvalue weighted by Crippen LogP contribution is 2.37. The topological polar surface area (TPSA) is 87.5 Å². The number of nitrogens with one attached hydrogen (secondary N) is 1. The lowest BCUT2D eigenvalue weighted by Gasteiger charge is -2.36. The van der Waals surface area contributed by atoms with E-state index in [-0.39, 0.29) is 17.0 Å². The van der Waals surface area contributed by atoms with Gasteiger partial charge in [-0.05, 0) is 49.3 Å². The Morgan fingerprint density at radius 1 is 1.14 bits per heavy atom. The van der Waals surface area contributed by atoms with Crippen molar-refractivity contribution in [1.82, 2.24) is 14.8 Å². The van der Waals surface area contributed by atoms with Crippen molar-refractivity contribution in [3.8, 4) is 16.7 Å². The van der Waals surface area contributed by atoms with E-state index in [1.807, 2.05) is 31.2 Å². The molecule has 2 aromatic heterocycles. The molecule has 0 aliphatic heterocycles. The van der Waals surface area contributed by atoms with Gasteiger partial charge in [-0.15, -0.1) is 0 Å². The van der Waals surface area contributed by atoms with Gasteiger partial charge in [0.25, 0.3) is 11.1 Å². The molecule has 0 saturated heterocycles. The largest absolute Gasteiger partial charge is 0.488 e. The van der Waals surface area contributed by atoms with Crippen molar-refractivity contribution >= 4 is 41.6 Å². The molecule has 2 aromatic carbocycles. The van der Waals surface area contributed by atoms with Crippen LogP contribution in [0.5, 0.6) is 16.7 Å². The van der Waals surface area contributed by atoms with Gasteiger partial charge in [0.05, 0.1) is 16.8 Å². The zero-order chi connectivity index (χ0) is 26.8. The molecule has 196 valence electrons. The minimum Gasteiger partial charge on any atom is -0.488 e. The Balaban J connectivity index is 1.56. The number of anilines is 1. The summed E-state index contributed by atoms with van der Waals surface area (Å²) in [6, 6.07) is 14.7. The van der Waals surface area contributed by atoms with Gasteiger partial charge >= 0.3 is 0 Å². The number of benzene rings is 2. The minimum atomic E-state index is -1.92. The number of aromatic nitrogens is 3. The van der Waals surface area contributed by atoms with Gasteiger partial charge < -0.3 is 19.2 Å². The van der Waals surface area contributed by atoms with Gasteiger partial charge in [0.1, 0.15) is 17.6 Å². The van der Waals surface area contributed by atoms with Crippen LogP contribution in [0, 0.1) is 0 Å². The first kappa shape index (κ1) is 26.8. The van der Waals surface area contributed by atoms with E-state index >= 15 is 0 Å². The van der Waals surface area contributed by atoms with E-state index in [1.54, 1.807) is 42.2 Å². The molecular formula is C27H34N4O4SSi. The van der Waals surface area contributed by atoms with Gasteiger partial charge in [0, 0.05) is 30.9 Å². The third-order valence-corrected chi connectivity index (χ3v) is 11.8. The molecule has 4 rings (SSSR count). The lowest BCUT2D eigenvalue weighted by molar-refractivity contribution is 0.102. The fourth-order valence-corrected chi connectivity index (χ4v) is 5.22. The van der Waals surface area contributed by atoms with Gasteiger partial charge in [-0.2, -0.15) is 5.10 Å². The summed E-state index contributed by atoms with van der Waals surface area (Å²) >= 11 is 1.44. The molecule has 1 N–H and O–H groups in total. The summed E-state index contributed by atoms with van der Waals surface area (Å²) in [6.07, 6.45) is 1.54. The number of aryl methyl sites for hydroxylation is 1. The zero-order valence-electron chi connectivity index (χ0n) is 22.4. The van der Waals surface area contributed by atoms with Crippen molar-refractivity contribution in [3.05, 3.63) is 60.3 Å². The third-order valence-electron chi connectivity index (χ3n) is 6.40. The summed E-state index contributed by atoms with van der Waals surface area (Å²) in [5, 5.41) is 7.64. The third kappa shape index (κ3) is 6.76. The number of fused-ring (bicyclic) bond motifs is 1. The number of ether oxygens (including phenoxy) is 2. The summed E-state index contributed by atoms with van der Waals surface area (Å²) in [5.74, 6) is 1.11. The molecule has 1 amide bonds. The average molecular weight is 539 g/mol. The van der Waals surface area contributed by atoms with Crippen LogP contribution >= 0.6 is 11.3 Å². The molecule has 37 heavy (non-hydrogen) atoms. The number of para-hydroxylation sites is 1. The number of hydrogen-bond acceptors (Lipinski definition) is 7. The molecule has 1 atom stereocenters. The molecule has 0 aliphatic rings. The fraction of sp³-hybridized carbons (Fsp3) is 0.370. The number of carbonyl (C=O) groups excluding carboxylic acids is 1. The molecule has 1 unspecified atom stereocenters. The highest BCUT2D eigenvalue weighted by molar-refractivity contribution is 7.20. The van der Waals surface area contributed by atoms with Crippen molar-refractivity contribution in [3.63, 3.8) is 0 Å². The summed E-state index contributed by atoms with van der Waals surface area (Å²) in [5.41, 5.74) is 1.25. The summed E-state index contributed by atoms with van der Waals surface area (Å²) in [6.45, 7) is 13.5. The van der Waals surface area contributed by atoms with E-state index in [2.05, 4.69) is 49.3 Å².